The molecule has 0 bridgehead atoms. The summed E-state index contributed by atoms with van der Waals surface area (Å²) in [6, 6.07) is 5.15. The third-order valence-corrected chi connectivity index (χ3v) is 2.58. The van der Waals surface area contributed by atoms with Gasteiger partial charge in [-0.3, -0.25) is 19.8 Å². The molecule has 17 heavy (non-hydrogen) atoms. The van der Waals surface area contributed by atoms with Gasteiger partial charge in [0.1, 0.15) is 11.8 Å². The van der Waals surface area contributed by atoms with E-state index in [0.29, 0.717) is 0 Å². The zero-order valence-corrected chi connectivity index (χ0v) is 9.11. The van der Waals surface area contributed by atoms with Crippen LogP contribution in [-0.4, -0.2) is 29.2 Å². The lowest BCUT2D eigenvalue weighted by molar-refractivity contribution is -0.119. The van der Waals surface area contributed by atoms with E-state index in [9.17, 15) is 14.4 Å². The molecule has 0 saturated carbocycles. The topological polar surface area (TPSA) is 87.1 Å². The average Bonchev–Trinajstić information content (AvgIpc) is 2.31. The Hall–Kier alpha value is -2.30. The van der Waals surface area contributed by atoms with Gasteiger partial charge in [0.25, 0.3) is 0 Å². The van der Waals surface area contributed by atoms with Crippen molar-refractivity contribution >= 4 is 23.2 Å². The molecule has 0 aromatic heterocycles. The molecule has 1 atom stereocenters. The number of hydrogen-bond donors (Lipinski definition) is 2. The Morgan fingerprint density at radius 2 is 1.82 bits per heavy atom. The van der Waals surface area contributed by atoms with Crippen LogP contribution in [0.3, 0.4) is 0 Å². The molecular weight excluding hydrogens is 220 g/mol. The molecule has 2 N–H and O–H groups in total. The van der Waals surface area contributed by atoms with Crippen molar-refractivity contribution in [2.75, 3.05) is 0 Å². The molecule has 1 aromatic rings. The van der Waals surface area contributed by atoms with Crippen molar-refractivity contribution in [2.45, 2.75) is 13.0 Å². The maximum atomic E-state index is 12.0. The number of carbonyl (C=O) groups excluding carboxylic acids is 3. The number of amides is 1. The lowest BCUT2D eigenvalue weighted by Crippen LogP contribution is -2.51. The van der Waals surface area contributed by atoms with Crippen molar-refractivity contribution in [3.63, 3.8) is 0 Å². The minimum atomic E-state index is -1.16. The molecule has 0 spiro atoms. The SMILES string of the molecule is CC(=O)NC1C(=N)C(=O)c2ccccc2C1=O. The first-order chi connectivity index (χ1) is 8.02. The van der Waals surface area contributed by atoms with E-state index in [4.69, 9.17) is 5.41 Å². The van der Waals surface area contributed by atoms with E-state index in [-0.39, 0.29) is 16.8 Å². The molecule has 1 amide bonds. The normalized spacial score (nSPS) is 18.9. The molecule has 5 heteroatoms. The summed E-state index contributed by atoms with van der Waals surface area (Å²) in [6.07, 6.45) is 0. The van der Waals surface area contributed by atoms with Crippen LogP contribution in [-0.2, 0) is 4.79 Å². The first-order valence-corrected chi connectivity index (χ1v) is 5.06. The largest absolute Gasteiger partial charge is 0.341 e. The third-order valence-electron chi connectivity index (χ3n) is 2.58. The minimum absolute atomic E-state index is 0.226. The van der Waals surface area contributed by atoms with Crippen LogP contribution in [0, 0.1) is 5.41 Å². The Kier molecular flexibility index (Phi) is 2.59. The summed E-state index contributed by atoms with van der Waals surface area (Å²) in [5.74, 6) is -1.38. The van der Waals surface area contributed by atoms with Gasteiger partial charge in [-0.05, 0) is 0 Å². The van der Waals surface area contributed by atoms with Gasteiger partial charge in [-0.1, -0.05) is 24.3 Å². The maximum absolute atomic E-state index is 12.0. The van der Waals surface area contributed by atoms with Gasteiger partial charge in [0, 0.05) is 18.1 Å². The molecule has 1 aliphatic carbocycles. The number of benzene rings is 1. The van der Waals surface area contributed by atoms with E-state index in [2.05, 4.69) is 5.32 Å². The quantitative estimate of drug-likeness (QED) is 0.740. The van der Waals surface area contributed by atoms with E-state index in [1.54, 1.807) is 12.1 Å². The van der Waals surface area contributed by atoms with Crippen LogP contribution in [0.1, 0.15) is 27.6 Å². The van der Waals surface area contributed by atoms with Crippen LogP contribution in [0.15, 0.2) is 24.3 Å². The summed E-state index contributed by atoms with van der Waals surface area (Å²) >= 11 is 0. The van der Waals surface area contributed by atoms with Gasteiger partial charge in [-0.15, -0.1) is 0 Å². The molecule has 0 fully saturated rings. The number of fused-ring (bicyclic) bond motifs is 1. The molecule has 1 unspecified atom stereocenters. The second-order valence-corrected chi connectivity index (χ2v) is 3.79. The van der Waals surface area contributed by atoms with Crippen LogP contribution in [0.5, 0.6) is 0 Å². The number of rotatable bonds is 1. The number of nitrogens with one attached hydrogen (secondary N) is 2. The van der Waals surface area contributed by atoms with Gasteiger partial charge in [0.15, 0.2) is 5.78 Å². The van der Waals surface area contributed by atoms with Crippen molar-refractivity contribution in [3.05, 3.63) is 35.4 Å². The number of carbonyl (C=O) groups is 3. The Labute approximate surface area is 97.3 Å². The van der Waals surface area contributed by atoms with Gasteiger partial charge >= 0.3 is 0 Å². The fourth-order valence-electron chi connectivity index (χ4n) is 1.80. The first-order valence-electron chi connectivity index (χ1n) is 5.06. The molecule has 0 radical (unpaired) electrons. The predicted molar refractivity (Wildman–Crippen MR) is 60.4 cm³/mol. The summed E-state index contributed by atoms with van der Waals surface area (Å²) in [5.41, 5.74) is 0.0975. The minimum Gasteiger partial charge on any atom is -0.341 e. The van der Waals surface area contributed by atoms with Gasteiger partial charge in [0.2, 0.25) is 11.7 Å². The van der Waals surface area contributed by atoms with Gasteiger partial charge in [-0.25, -0.2) is 0 Å². The molecule has 2 rings (SSSR count). The molecule has 5 nitrogen and oxygen atoms in total. The van der Waals surface area contributed by atoms with Crippen molar-refractivity contribution in [3.8, 4) is 0 Å². The number of ketones is 2. The highest BCUT2D eigenvalue weighted by molar-refractivity contribution is 6.54. The van der Waals surface area contributed by atoms with Crippen LogP contribution < -0.4 is 5.32 Å². The van der Waals surface area contributed by atoms with Crippen LogP contribution in [0.4, 0.5) is 0 Å². The van der Waals surface area contributed by atoms with E-state index >= 15 is 0 Å². The molecule has 1 aliphatic rings. The third kappa shape index (κ3) is 1.75. The smallest absolute Gasteiger partial charge is 0.217 e. The van der Waals surface area contributed by atoms with Gasteiger partial charge in [0.05, 0.1) is 0 Å². The van der Waals surface area contributed by atoms with E-state index in [1.165, 1.54) is 19.1 Å². The van der Waals surface area contributed by atoms with Gasteiger partial charge in [-0.2, -0.15) is 0 Å². The van der Waals surface area contributed by atoms with E-state index in [0.717, 1.165) is 0 Å². The Balaban J connectivity index is 2.51. The fourth-order valence-corrected chi connectivity index (χ4v) is 1.80. The van der Waals surface area contributed by atoms with Crippen LogP contribution in [0.25, 0.3) is 0 Å². The average molecular weight is 230 g/mol. The summed E-state index contributed by atoms with van der Waals surface area (Å²) in [7, 11) is 0. The lowest BCUT2D eigenvalue weighted by Gasteiger charge is -2.23. The molecule has 1 aromatic carbocycles. The van der Waals surface area contributed by atoms with Crippen molar-refractivity contribution in [1.82, 2.24) is 5.32 Å². The predicted octanol–water partition coefficient (Wildman–Crippen LogP) is 0.590. The molecule has 0 aliphatic heterocycles. The zero-order chi connectivity index (χ0) is 12.6. The maximum Gasteiger partial charge on any atom is 0.217 e. The van der Waals surface area contributed by atoms with Gasteiger partial charge < -0.3 is 5.32 Å². The van der Waals surface area contributed by atoms with Crippen molar-refractivity contribution in [2.24, 2.45) is 0 Å². The standard InChI is InChI=1S/C12H10N2O3/c1-6(15)14-10-9(13)11(16)7-4-2-3-5-8(7)12(10)17/h2-5,10,13H,1H3,(H,14,15). The molecular formula is C12H10N2O3. The fraction of sp³-hybridized carbons (Fsp3) is 0.167. The highest BCUT2D eigenvalue weighted by atomic mass is 16.2. The van der Waals surface area contributed by atoms with Crippen LogP contribution >= 0.6 is 0 Å². The summed E-state index contributed by atoms with van der Waals surface area (Å²) in [5, 5.41) is 9.94. The van der Waals surface area contributed by atoms with Crippen molar-refractivity contribution < 1.29 is 14.4 Å². The molecule has 0 heterocycles. The number of hydrogen-bond acceptors (Lipinski definition) is 4. The monoisotopic (exact) mass is 230 g/mol. The second kappa shape index (κ2) is 3.93. The Morgan fingerprint density at radius 3 is 2.41 bits per heavy atom. The molecule has 0 saturated heterocycles. The highest BCUT2D eigenvalue weighted by Crippen LogP contribution is 2.19. The first kappa shape index (κ1) is 11.2. The Morgan fingerprint density at radius 1 is 1.24 bits per heavy atom. The summed E-state index contributed by atoms with van der Waals surface area (Å²) in [6.45, 7) is 1.24. The second-order valence-electron chi connectivity index (χ2n) is 3.79. The number of Topliss-reactive ketones (excluding diaryl/α,β-unsaturated/α-hetero) is 2. The lowest BCUT2D eigenvalue weighted by atomic mass is 9.84. The van der Waals surface area contributed by atoms with Crippen molar-refractivity contribution in [1.29, 1.82) is 5.41 Å². The van der Waals surface area contributed by atoms with Crippen LogP contribution in [0.2, 0.25) is 0 Å². The highest BCUT2D eigenvalue weighted by Gasteiger charge is 2.37. The summed E-state index contributed by atoms with van der Waals surface area (Å²) in [4.78, 5) is 34.8. The zero-order valence-electron chi connectivity index (χ0n) is 9.11. The van der Waals surface area contributed by atoms with E-state index < -0.39 is 23.5 Å². The Bertz CT molecular complexity index is 548. The summed E-state index contributed by atoms with van der Waals surface area (Å²) < 4.78 is 0. The molecule has 86 valence electrons. The van der Waals surface area contributed by atoms with E-state index in [1.807, 2.05) is 0 Å².